The van der Waals surface area contributed by atoms with Crippen molar-refractivity contribution in [2.45, 2.75) is 25.8 Å². The Morgan fingerprint density at radius 2 is 2.39 bits per heavy atom. The van der Waals surface area contributed by atoms with Crippen LogP contribution in [0.1, 0.15) is 30.1 Å². The average Bonchev–Trinajstić information content (AvgIpc) is 2.81. The van der Waals surface area contributed by atoms with Crippen molar-refractivity contribution in [3.8, 4) is 5.75 Å². The third kappa shape index (κ3) is 2.98. The van der Waals surface area contributed by atoms with Crippen molar-refractivity contribution in [1.29, 1.82) is 0 Å². The van der Waals surface area contributed by atoms with Crippen LogP contribution in [-0.4, -0.2) is 42.3 Å². The highest BCUT2D eigenvalue weighted by atomic mass is 16.5. The Labute approximate surface area is 107 Å². The summed E-state index contributed by atoms with van der Waals surface area (Å²) in [7, 11) is 1.35. The fraction of sp³-hybridized carbons (Fsp3) is 0.538. The minimum absolute atomic E-state index is 0.400. The van der Waals surface area contributed by atoms with Crippen LogP contribution in [0.4, 0.5) is 0 Å². The first-order valence-electron chi connectivity index (χ1n) is 6.11. The molecule has 1 aromatic heterocycles. The van der Waals surface area contributed by atoms with Gasteiger partial charge in [-0.1, -0.05) is 0 Å². The van der Waals surface area contributed by atoms with Crippen LogP contribution < -0.4 is 4.74 Å². The maximum Gasteiger partial charge on any atom is 0.339 e. The molecule has 0 saturated carbocycles. The lowest BCUT2D eigenvalue weighted by molar-refractivity contribution is 0.0599. The van der Waals surface area contributed by atoms with Gasteiger partial charge in [0.1, 0.15) is 12.5 Å². The molecule has 2 rings (SSSR count). The summed E-state index contributed by atoms with van der Waals surface area (Å²) < 4.78 is 10.3. The van der Waals surface area contributed by atoms with Gasteiger partial charge in [-0.25, -0.2) is 4.79 Å². The van der Waals surface area contributed by atoms with Gasteiger partial charge in [-0.3, -0.25) is 9.88 Å². The fourth-order valence-corrected chi connectivity index (χ4v) is 2.07. The second-order valence-electron chi connectivity index (χ2n) is 4.48. The molecule has 1 unspecified atom stereocenters. The summed E-state index contributed by atoms with van der Waals surface area (Å²) in [5.74, 6) is 0.194. The molecule has 1 atom stereocenters. The Hall–Kier alpha value is -1.62. The predicted molar refractivity (Wildman–Crippen MR) is 66.5 cm³/mol. The predicted octanol–water partition coefficient (Wildman–Crippen LogP) is 1.69. The third-order valence-corrected chi connectivity index (χ3v) is 3.22. The van der Waals surface area contributed by atoms with Gasteiger partial charge in [0.25, 0.3) is 0 Å². The molecule has 1 aromatic rings. The molecule has 98 valence electrons. The van der Waals surface area contributed by atoms with Crippen molar-refractivity contribution in [1.82, 2.24) is 9.88 Å². The Bertz CT molecular complexity index is 422. The van der Waals surface area contributed by atoms with Gasteiger partial charge in [0, 0.05) is 18.8 Å². The number of rotatable bonds is 4. The monoisotopic (exact) mass is 250 g/mol. The van der Waals surface area contributed by atoms with Gasteiger partial charge in [-0.2, -0.15) is 0 Å². The first kappa shape index (κ1) is 12.8. The number of likely N-dealkylation sites (tertiary alicyclic amines) is 1. The minimum Gasteiger partial charge on any atom is -0.476 e. The number of hydrogen-bond donors (Lipinski definition) is 0. The van der Waals surface area contributed by atoms with E-state index in [2.05, 4.69) is 21.5 Å². The second-order valence-corrected chi connectivity index (χ2v) is 4.48. The first-order chi connectivity index (χ1) is 8.70. The minimum atomic E-state index is -0.400. The molecule has 5 heteroatoms. The second kappa shape index (κ2) is 5.82. The lowest BCUT2D eigenvalue weighted by Gasteiger charge is -2.20. The summed E-state index contributed by atoms with van der Waals surface area (Å²) in [6, 6.07) is 2.21. The first-order valence-corrected chi connectivity index (χ1v) is 6.11. The Kier molecular flexibility index (Phi) is 4.15. The van der Waals surface area contributed by atoms with Crippen LogP contribution in [0.2, 0.25) is 0 Å². The number of ether oxygens (including phenoxy) is 2. The Balaban J connectivity index is 1.95. The number of hydrogen-bond acceptors (Lipinski definition) is 5. The van der Waals surface area contributed by atoms with E-state index >= 15 is 0 Å². The maximum atomic E-state index is 11.3. The smallest absolute Gasteiger partial charge is 0.339 e. The zero-order valence-electron chi connectivity index (χ0n) is 10.8. The van der Waals surface area contributed by atoms with E-state index in [0.717, 1.165) is 6.54 Å². The normalized spacial score (nSPS) is 19.8. The quantitative estimate of drug-likeness (QED) is 0.761. The molecule has 1 fully saturated rings. The molecule has 0 aliphatic carbocycles. The standard InChI is InChI=1S/C13H18N2O3/c1-10-4-3-5-15(10)9-18-12-6-11(7-14-8-12)13(16)17-2/h6-8,10H,3-5,9H2,1-2H3. The van der Waals surface area contributed by atoms with Gasteiger partial charge in [0.05, 0.1) is 18.9 Å². The molecule has 0 bridgehead atoms. The van der Waals surface area contributed by atoms with E-state index < -0.39 is 5.97 Å². The van der Waals surface area contributed by atoms with Crippen LogP contribution in [0.25, 0.3) is 0 Å². The largest absolute Gasteiger partial charge is 0.476 e. The van der Waals surface area contributed by atoms with Crippen molar-refractivity contribution in [3.05, 3.63) is 24.0 Å². The highest BCUT2D eigenvalue weighted by Gasteiger charge is 2.20. The molecule has 0 spiro atoms. The molecule has 1 saturated heterocycles. The summed E-state index contributed by atoms with van der Waals surface area (Å²) in [5, 5.41) is 0. The number of nitrogens with zero attached hydrogens (tertiary/aromatic N) is 2. The number of esters is 1. The molecule has 1 aliphatic heterocycles. The van der Waals surface area contributed by atoms with Gasteiger partial charge >= 0.3 is 5.97 Å². The van der Waals surface area contributed by atoms with E-state index in [-0.39, 0.29) is 0 Å². The van der Waals surface area contributed by atoms with Crippen LogP contribution >= 0.6 is 0 Å². The van der Waals surface area contributed by atoms with Gasteiger partial charge < -0.3 is 9.47 Å². The molecular formula is C13H18N2O3. The SMILES string of the molecule is COC(=O)c1cncc(OCN2CCCC2C)c1. The Morgan fingerprint density at radius 1 is 1.56 bits per heavy atom. The van der Waals surface area contributed by atoms with Gasteiger partial charge in [-0.15, -0.1) is 0 Å². The fourth-order valence-electron chi connectivity index (χ4n) is 2.07. The third-order valence-electron chi connectivity index (χ3n) is 3.22. The maximum absolute atomic E-state index is 11.3. The molecular weight excluding hydrogens is 232 g/mol. The van der Waals surface area contributed by atoms with Gasteiger partial charge in [0.15, 0.2) is 0 Å². The topological polar surface area (TPSA) is 51.7 Å². The molecule has 18 heavy (non-hydrogen) atoms. The number of methoxy groups -OCH3 is 1. The van der Waals surface area contributed by atoms with Crippen LogP contribution in [-0.2, 0) is 4.74 Å². The molecule has 2 heterocycles. The molecule has 0 aromatic carbocycles. The van der Waals surface area contributed by atoms with Crippen molar-refractivity contribution in [2.75, 3.05) is 20.4 Å². The highest BCUT2D eigenvalue weighted by Crippen LogP contribution is 2.18. The Morgan fingerprint density at radius 3 is 3.06 bits per heavy atom. The number of pyridine rings is 1. The van der Waals surface area contributed by atoms with Gasteiger partial charge in [-0.05, 0) is 25.8 Å². The van der Waals surface area contributed by atoms with E-state index in [1.54, 1.807) is 12.3 Å². The van der Waals surface area contributed by atoms with E-state index in [1.165, 1.54) is 26.1 Å². The van der Waals surface area contributed by atoms with E-state index in [4.69, 9.17) is 4.74 Å². The average molecular weight is 250 g/mol. The van der Waals surface area contributed by atoms with Crippen molar-refractivity contribution < 1.29 is 14.3 Å². The number of aromatic nitrogens is 1. The summed E-state index contributed by atoms with van der Waals surface area (Å²) in [6.45, 7) is 3.79. The lowest BCUT2D eigenvalue weighted by atomic mass is 10.2. The van der Waals surface area contributed by atoms with Crippen LogP contribution in [0.3, 0.4) is 0 Å². The molecule has 1 aliphatic rings. The van der Waals surface area contributed by atoms with Crippen molar-refractivity contribution in [3.63, 3.8) is 0 Å². The molecule has 5 nitrogen and oxygen atoms in total. The van der Waals surface area contributed by atoms with Gasteiger partial charge in [0.2, 0.25) is 0 Å². The summed E-state index contributed by atoms with van der Waals surface area (Å²) >= 11 is 0. The van der Waals surface area contributed by atoms with E-state index in [1.807, 2.05) is 0 Å². The zero-order chi connectivity index (χ0) is 13.0. The van der Waals surface area contributed by atoms with Crippen molar-refractivity contribution >= 4 is 5.97 Å². The zero-order valence-corrected chi connectivity index (χ0v) is 10.8. The van der Waals surface area contributed by atoms with Crippen molar-refractivity contribution in [2.24, 2.45) is 0 Å². The summed E-state index contributed by atoms with van der Waals surface area (Å²) in [4.78, 5) is 17.6. The van der Waals surface area contributed by atoms with Crippen LogP contribution in [0.5, 0.6) is 5.75 Å². The molecule has 0 N–H and O–H groups in total. The summed E-state index contributed by atoms with van der Waals surface area (Å²) in [5.41, 5.74) is 0.407. The molecule has 0 amide bonds. The van der Waals surface area contributed by atoms with Crippen LogP contribution in [0, 0.1) is 0 Å². The molecule has 0 radical (unpaired) electrons. The van der Waals surface area contributed by atoms with Crippen LogP contribution in [0.15, 0.2) is 18.5 Å². The highest BCUT2D eigenvalue weighted by molar-refractivity contribution is 5.89. The number of carbonyl (C=O) groups is 1. The summed E-state index contributed by atoms with van der Waals surface area (Å²) in [6.07, 6.45) is 5.50. The van der Waals surface area contributed by atoms with E-state index in [9.17, 15) is 4.79 Å². The van der Waals surface area contributed by atoms with E-state index in [0.29, 0.717) is 24.1 Å². The number of carbonyl (C=O) groups excluding carboxylic acids is 1. The lowest BCUT2D eigenvalue weighted by Crippen LogP contribution is -2.30.